The van der Waals surface area contributed by atoms with Crippen molar-refractivity contribution in [3.63, 3.8) is 0 Å². The Morgan fingerprint density at radius 2 is 2.16 bits per heavy atom. The third kappa shape index (κ3) is 3.90. The largest absolute Gasteiger partial charge is 0.351 e. The first-order chi connectivity index (χ1) is 12.1. The van der Waals surface area contributed by atoms with Crippen LogP contribution in [0.5, 0.6) is 0 Å². The van der Waals surface area contributed by atoms with Crippen LogP contribution in [0.3, 0.4) is 0 Å². The highest BCUT2D eigenvalue weighted by atomic mass is 16.2. The highest BCUT2D eigenvalue weighted by molar-refractivity contribution is 6.00. The van der Waals surface area contributed by atoms with E-state index in [2.05, 4.69) is 17.3 Å². The zero-order valence-electron chi connectivity index (χ0n) is 14.7. The summed E-state index contributed by atoms with van der Waals surface area (Å²) in [5.41, 5.74) is 2.05. The quantitative estimate of drug-likeness (QED) is 0.875. The fourth-order valence-electron chi connectivity index (χ4n) is 3.28. The smallest absolute Gasteiger partial charge is 0.227 e. The maximum atomic E-state index is 12.5. The molecule has 3 rings (SSSR count). The number of rotatable bonds is 6. The number of hydrogen-bond acceptors (Lipinski definition) is 3. The Morgan fingerprint density at radius 1 is 1.36 bits per heavy atom. The van der Waals surface area contributed by atoms with Crippen molar-refractivity contribution in [3.05, 3.63) is 48.3 Å². The van der Waals surface area contributed by atoms with Gasteiger partial charge in [0.2, 0.25) is 11.8 Å². The Hall–Kier alpha value is -2.63. The molecule has 1 aromatic carbocycles. The molecule has 1 aromatic heterocycles. The van der Waals surface area contributed by atoms with E-state index in [1.165, 1.54) is 0 Å². The normalized spacial score (nSPS) is 18.4. The molecule has 1 fully saturated rings. The van der Waals surface area contributed by atoms with Gasteiger partial charge >= 0.3 is 0 Å². The van der Waals surface area contributed by atoms with Crippen molar-refractivity contribution >= 4 is 17.5 Å². The summed E-state index contributed by atoms with van der Waals surface area (Å²) in [5.74, 6) is -0.359. The molecule has 0 bridgehead atoms. The summed E-state index contributed by atoms with van der Waals surface area (Å²) in [6.45, 7) is 5.07. The Morgan fingerprint density at radius 3 is 2.88 bits per heavy atom. The predicted octanol–water partition coefficient (Wildman–Crippen LogP) is 2.00. The number of para-hydroxylation sites is 1. The molecular formula is C19H24N4O2. The SMILES string of the molecule is CCc1ccccc1N1C[C@H](C(=O)N[C@H](C)Cn2cccn2)CC1=O. The van der Waals surface area contributed by atoms with Crippen LogP contribution in [0.1, 0.15) is 25.8 Å². The molecule has 1 aliphatic heterocycles. The maximum Gasteiger partial charge on any atom is 0.227 e. The summed E-state index contributed by atoms with van der Waals surface area (Å²) in [5, 5.41) is 7.15. The van der Waals surface area contributed by atoms with Gasteiger partial charge in [0, 0.05) is 37.1 Å². The number of carbonyl (C=O) groups is 2. The Bertz CT molecular complexity index is 742. The van der Waals surface area contributed by atoms with Gasteiger partial charge in [-0.2, -0.15) is 5.10 Å². The van der Waals surface area contributed by atoms with Crippen LogP contribution in [-0.2, 0) is 22.6 Å². The number of aromatic nitrogens is 2. The van der Waals surface area contributed by atoms with Crippen molar-refractivity contribution in [1.82, 2.24) is 15.1 Å². The second-order valence-electron chi connectivity index (χ2n) is 6.53. The fraction of sp³-hybridized carbons (Fsp3) is 0.421. The number of nitrogens with zero attached hydrogens (tertiary/aromatic N) is 3. The van der Waals surface area contributed by atoms with Crippen molar-refractivity contribution in [2.75, 3.05) is 11.4 Å². The van der Waals surface area contributed by atoms with E-state index in [0.717, 1.165) is 17.7 Å². The molecule has 0 unspecified atom stereocenters. The Labute approximate surface area is 147 Å². The topological polar surface area (TPSA) is 67.2 Å². The van der Waals surface area contributed by atoms with Gasteiger partial charge in [-0.15, -0.1) is 0 Å². The summed E-state index contributed by atoms with van der Waals surface area (Å²) in [7, 11) is 0. The minimum Gasteiger partial charge on any atom is -0.351 e. The first kappa shape index (κ1) is 17.2. The lowest BCUT2D eigenvalue weighted by Gasteiger charge is -2.20. The van der Waals surface area contributed by atoms with Crippen molar-refractivity contribution in [2.45, 2.75) is 39.3 Å². The van der Waals surface area contributed by atoms with Gasteiger partial charge in [-0.1, -0.05) is 25.1 Å². The predicted molar refractivity (Wildman–Crippen MR) is 96.1 cm³/mol. The molecular weight excluding hydrogens is 316 g/mol. The first-order valence-corrected chi connectivity index (χ1v) is 8.74. The number of aryl methyl sites for hydroxylation is 1. The van der Waals surface area contributed by atoms with Crippen LogP contribution >= 0.6 is 0 Å². The average molecular weight is 340 g/mol. The van der Waals surface area contributed by atoms with Gasteiger partial charge in [0.1, 0.15) is 0 Å². The monoisotopic (exact) mass is 340 g/mol. The van der Waals surface area contributed by atoms with Crippen LogP contribution in [0.15, 0.2) is 42.7 Å². The van der Waals surface area contributed by atoms with Crippen molar-refractivity contribution in [2.24, 2.45) is 5.92 Å². The summed E-state index contributed by atoms with van der Waals surface area (Å²) in [4.78, 5) is 26.7. The van der Waals surface area contributed by atoms with Gasteiger partial charge in [-0.05, 0) is 31.0 Å². The zero-order chi connectivity index (χ0) is 17.8. The lowest BCUT2D eigenvalue weighted by atomic mass is 10.1. The van der Waals surface area contributed by atoms with E-state index in [1.807, 2.05) is 43.5 Å². The molecule has 6 nitrogen and oxygen atoms in total. The van der Waals surface area contributed by atoms with Gasteiger partial charge in [0.05, 0.1) is 12.5 Å². The van der Waals surface area contributed by atoms with Crippen molar-refractivity contribution in [3.8, 4) is 0 Å². The molecule has 0 aliphatic carbocycles. The second-order valence-corrected chi connectivity index (χ2v) is 6.53. The number of carbonyl (C=O) groups excluding carboxylic acids is 2. The number of benzene rings is 1. The standard InChI is InChI=1S/C19H24N4O2/c1-3-15-7-4-5-8-17(15)23-13-16(11-18(23)24)19(25)21-14(2)12-22-10-6-9-20-22/h4-10,14,16H,3,11-13H2,1-2H3,(H,21,25)/t14-,16-/m1/s1. The summed E-state index contributed by atoms with van der Waals surface area (Å²) < 4.78 is 1.79. The maximum absolute atomic E-state index is 12.5. The summed E-state index contributed by atoms with van der Waals surface area (Å²) in [6.07, 6.45) is 4.70. The van der Waals surface area contributed by atoms with E-state index >= 15 is 0 Å². The van der Waals surface area contributed by atoms with E-state index in [4.69, 9.17) is 0 Å². The Balaban J connectivity index is 1.62. The van der Waals surface area contributed by atoms with Gasteiger partial charge in [0.15, 0.2) is 0 Å². The van der Waals surface area contributed by atoms with Crippen LogP contribution in [0.4, 0.5) is 5.69 Å². The van der Waals surface area contributed by atoms with Gasteiger partial charge in [-0.3, -0.25) is 14.3 Å². The number of amides is 2. The minimum atomic E-state index is -0.308. The minimum absolute atomic E-state index is 0.0146. The van der Waals surface area contributed by atoms with Crippen LogP contribution in [-0.4, -0.2) is 34.2 Å². The molecule has 1 saturated heterocycles. The van der Waals surface area contributed by atoms with Gasteiger partial charge in [0.25, 0.3) is 0 Å². The molecule has 132 valence electrons. The van der Waals surface area contributed by atoms with E-state index in [0.29, 0.717) is 13.1 Å². The average Bonchev–Trinajstić information content (AvgIpc) is 3.24. The highest BCUT2D eigenvalue weighted by Gasteiger charge is 2.36. The number of hydrogen-bond donors (Lipinski definition) is 1. The first-order valence-electron chi connectivity index (χ1n) is 8.74. The molecule has 1 aliphatic rings. The van der Waals surface area contributed by atoms with Gasteiger partial charge < -0.3 is 10.2 Å². The third-order valence-electron chi connectivity index (χ3n) is 4.57. The van der Waals surface area contributed by atoms with Crippen LogP contribution in [0.2, 0.25) is 0 Å². The van der Waals surface area contributed by atoms with E-state index in [1.54, 1.807) is 15.8 Å². The lowest BCUT2D eigenvalue weighted by molar-refractivity contribution is -0.126. The molecule has 2 aromatic rings. The molecule has 2 heterocycles. The third-order valence-corrected chi connectivity index (χ3v) is 4.57. The molecule has 1 N–H and O–H groups in total. The van der Waals surface area contributed by atoms with E-state index in [-0.39, 0.29) is 30.2 Å². The number of anilines is 1. The van der Waals surface area contributed by atoms with E-state index < -0.39 is 0 Å². The molecule has 2 atom stereocenters. The van der Waals surface area contributed by atoms with Crippen LogP contribution in [0.25, 0.3) is 0 Å². The van der Waals surface area contributed by atoms with Gasteiger partial charge in [-0.25, -0.2) is 0 Å². The Kier molecular flexibility index (Phi) is 5.16. The summed E-state index contributed by atoms with van der Waals surface area (Å²) >= 11 is 0. The highest BCUT2D eigenvalue weighted by Crippen LogP contribution is 2.28. The molecule has 2 amide bonds. The molecule has 0 radical (unpaired) electrons. The summed E-state index contributed by atoms with van der Waals surface area (Å²) in [6, 6.07) is 9.71. The van der Waals surface area contributed by atoms with E-state index in [9.17, 15) is 9.59 Å². The van der Waals surface area contributed by atoms with Crippen molar-refractivity contribution in [1.29, 1.82) is 0 Å². The van der Waals surface area contributed by atoms with Crippen LogP contribution < -0.4 is 10.2 Å². The zero-order valence-corrected chi connectivity index (χ0v) is 14.7. The molecule has 25 heavy (non-hydrogen) atoms. The fourth-order valence-corrected chi connectivity index (χ4v) is 3.28. The molecule has 6 heteroatoms. The lowest BCUT2D eigenvalue weighted by Crippen LogP contribution is -2.40. The molecule has 0 saturated carbocycles. The van der Waals surface area contributed by atoms with Crippen LogP contribution in [0, 0.1) is 5.92 Å². The molecule has 0 spiro atoms. The second kappa shape index (κ2) is 7.51. The number of nitrogens with one attached hydrogen (secondary N) is 1. The van der Waals surface area contributed by atoms with Crippen molar-refractivity contribution < 1.29 is 9.59 Å².